The van der Waals surface area contributed by atoms with Crippen molar-refractivity contribution < 1.29 is 19.1 Å². The van der Waals surface area contributed by atoms with Crippen molar-refractivity contribution in [2.75, 3.05) is 5.32 Å². The van der Waals surface area contributed by atoms with Crippen LogP contribution in [-0.2, 0) is 17.8 Å². The average Bonchev–Trinajstić information content (AvgIpc) is 3.04. The minimum atomic E-state index is -0.556. The Morgan fingerprint density at radius 3 is 2.62 bits per heavy atom. The number of fused-ring (bicyclic) bond motifs is 1. The van der Waals surface area contributed by atoms with Gasteiger partial charge >= 0.3 is 6.09 Å². The quantitative estimate of drug-likeness (QED) is 0.730. The number of hydrogen-bond donors (Lipinski definition) is 3. The number of anilines is 1. The zero-order chi connectivity index (χ0) is 21.2. The molecule has 9 nitrogen and oxygen atoms in total. The lowest BCUT2D eigenvalue weighted by molar-refractivity contribution is 0.0523. The highest BCUT2D eigenvalue weighted by molar-refractivity contribution is 6.10. The second-order valence-corrected chi connectivity index (χ2v) is 7.98. The van der Waals surface area contributed by atoms with Gasteiger partial charge in [0.15, 0.2) is 5.69 Å². The van der Waals surface area contributed by atoms with Gasteiger partial charge < -0.3 is 25.3 Å². The average molecular weight is 399 g/mol. The molecule has 29 heavy (non-hydrogen) atoms. The summed E-state index contributed by atoms with van der Waals surface area (Å²) in [6, 6.07) is 6.99. The summed E-state index contributed by atoms with van der Waals surface area (Å²) in [5.41, 5.74) is 1.20. The van der Waals surface area contributed by atoms with Gasteiger partial charge in [-0.1, -0.05) is 12.1 Å². The number of ether oxygens (including phenoxy) is 1. The normalized spacial score (nSPS) is 15.9. The van der Waals surface area contributed by atoms with Crippen molar-refractivity contribution in [2.45, 2.75) is 52.4 Å². The van der Waals surface area contributed by atoms with E-state index in [1.54, 1.807) is 49.6 Å². The lowest BCUT2D eigenvalue weighted by Gasteiger charge is -2.22. The van der Waals surface area contributed by atoms with Crippen LogP contribution < -0.4 is 16.0 Å². The Morgan fingerprint density at radius 1 is 1.28 bits per heavy atom. The van der Waals surface area contributed by atoms with E-state index < -0.39 is 17.6 Å². The number of rotatable bonds is 4. The maximum Gasteiger partial charge on any atom is 0.407 e. The third-order valence-electron chi connectivity index (χ3n) is 4.16. The van der Waals surface area contributed by atoms with Crippen LogP contribution in [0.5, 0.6) is 0 Å². The number of carbonyl (C=O) groups is 3. The summed E-state index contributed by atoms with van der Waals surface area (Å²) in [6.45, 7) is 8.15. The molecule has 1 aliphatic rings. The van der Waals surface area contributed by atoms with Crippen molar-refractivity contribution >= 4 is 23.6 Å². The highest BCUT2D eigenvalue weighted by atomic mass is 16.6. The fraction of sp³-hybridized carbons (Fsp3) is 0.400. The summed E-state index contributed by atoms with van der Waals surface area (Å²) in [5, 5.41) is 8.22. The minimum Gasteiger partial charge on any atom is -0.444 e. The minimum absolute atomic E-state index is 0.0121. The van der Waals surface area contributed by atoms with Crippen molar-refractivity contribution in [3.8, 4) is 0 Å². The highest BCUT2D eigenvalue weighted by Crippen LogP contribution is 2.16. The maximum absolute atomic E-state index is 12.6. The standard InChI is InChI=1S/C20H25N5O4/c1-12-10-25-11-22-15(16(25)18(27)23-12)17(26)24-14-7-5-13(6-8-14)9-21-19(28)29-20(2,3)4/h5-8,11-12H,9-10H2,1-4H3,(H,21,28)(H,23,27)(H,24,26)/t12-/m1/s1. The first-order valence-corrected chi connectivity index (χ1v) is 9.35. The molecular formula is C20H25N5O4. The Hall–Kier alpha value is -3.36. The van der Waals surface area contributed by atoms with Crippen LogP contribution in [0, 0.1) is 0 Å². The topological polar surface area (TPSA) is 114 Å². The Kier molecular flexibility index (Phi) is 5.58. The first kappa shape index (κ1) is 20.4. The molecule has 2 heterocycles. The van der Waals surface area contributed by atoms with E-state index in [0.29, 0.717) is 18.8 Å². The number of alkyl carbamates (subject to hydrolysis) is 1. The molecule has 3 amide bonds. The molecule has 0 radical (unpaired) electrons. The summed E-state index contributed by atoms with van der Waals surface area (Å²) in [7, 11) is 0. The van der Waals surface area contributed by atoms with Crippen LogP contribution in [0.4, 0.5) is 10.5 Å². The number of aromatic nitrogens is 2. The van der Waals surface area contributed by atoms with Crippen LogP contribution in [0.2, 0.25) is 0 Å². The smallest absolute Gasteiger partial charge is 0.407 e. The van der Waals surface area contributed by atoms with E-state index in [9.17, 15) is 14.4 Å². The molecule has 0 aliphatic carbocycles. The van der Waals surface area contributed by atoms with Gasteiger partial charge in [-0.15, -0.1) is 0 Å². The number of nitrogens with zero attached hydrogens (tertiary/aromatic N) is 2. The molecule has 9 heteroatoms. The molecule has 0 spiro atoms. The van der Waals surface area contributed by atoms with Gasteiger partial charge in [0.05, 0.1) is 6.33 Å². The largest absolute Gasteiger partial charge is 0.444 e. The van der Waals surface area contributed by atoms with Crippen molar-refractivity contribution in [3.05, 3.63) is 47.5 Å². The molecule has 0 unspecified atom stereocenters. The number of benzene rings is 1. The van der Waals surface area contributed by atoms with Crippen LogP contribution in [0.25, 0.3) is 0 Å². The third-order valence-corrected chi connectivity index (χ3v) is 4.16. The highest BCUT2D eigenvalue weighted by Gasteiger charge is 2.28. The molecular weight excluding hydrogens is 374 g/mol. The molecule has 2 aromatic rings. The second-order valence-electron chi connectivity index (χ2n) is 7.98. The summed E-state index contributed by atoms with van der Waals surface area (Å²) in [6.07, 6.45) is 1.01. The Bertz CT molecular complexity index is 927. The first-order chi connectivity index (χ1) is 13.6. The van der Waals surface area contributed by atoms with Gasteiger partial charge in [0.25, 0.3) is 11.8 Å². The van der Waals surface area contributed by atoms with E-state index in [0.717, 1.165) is 5.56 Å². The van der Waals surface area contributed by atoms with Crippen LogP contribution in [0.3, 0.4) is 0 Å². The molecule has 1 aromatic carbocycles. The molecule has 1 atom stereocenters. The van der Waals surface area contributed by atoms with E-state index >= 15 is 0 Å². The van der Waals surface area contributed by atoms with Crippen LogP contribution in [-0.4, -0.2) is 39.1 Å². The number of amides is 3. The molecule has 3 rings (SSSR count). The lowest BCUT2D eigenvalue weighted by Crippen LogP contribution is -2.42. The maximum atomic E-state index is 12.6. The second kappa shape index (κ2) is 7.94. The zero-order valence-corrected chi connectivity index (χ0v) is 16.9. The van der Waals surface area contributed by atoms with Crippen LogP contribution >= 0.6 is 0 Å². The fourth-order valence-electron chi connectivity index (χ4n) is 2.94. The van der Waals surface area contributed by atoms with Gasteiger partial charge in [0.1, 0.15) is 11.3 Å². The van der Waals surface area contributed by atoms with Crippen molar-refractivity contribution in [1.82, 2.24) is 20.2 Å². The molecule has 1 aromatic heterocycles. The summed E-state index contributed by atoms with van der Waals surface area (Å²) < 4.78 is 6.87. The van der Waals surface area contributed by atoms with E-state index in [1.807, 2.05) is 6.92 Å². The van der Waals surface area contributed by atoms with Gasteiger partial charge in [-0.05, 0) is 45.4 Å². The zero-order valence-electron chi connectivity index (χ0n) is 16.9. The number of hydrogen-bond acceptors (Lipinski definition) is 5. The molecule has 0 saturated heterocycles. The fourth-order valence-corrected chi connectivity index (χ4v) is 2.94. The van der Waals surface area contributed by atoms with Gasteiger partial charge in [-0.2, -0.15) is 0 Å². The molecule has 0 bridgehead atoms. The van der Waals surface area contributed by atoms with Gasteiger partial charge in [-0.3, -0.25) is 9.59 Å². The van der Waals surface area contributed by atoms with Gasteiger partial charge in [0, 0.05) is 24.8 Å². The molecule has 0 fully saturated rings. The van der Waals surface area contributed by atoms with Crippen molar-refractivity contribution in [1.29, 1.82) is 0 Å². The number of nitrogens with one attached hydrogen (secondary N) is 3. The van der Waals surface area contributed by atoms with Crippen LogP contribution in [0.15, 0.2) is 30.6 Å². The SMILES string of the molecule is C[C@@H]1Cn2cnc(C(=O)Nc3ccc(CNC(=O)OC(C)(C)C)cc3)c2C(=O)N1. The predicted octanol–water partition coefficient (Wildman–Crippen LogP) is 2.29. The van der Waals surface area contributed by atoms with E-state index in [-0.39, 0.29) is 23.3 Å². The number of carbonyl (C=O) groups excluding carboxylic acids is 3. The van der Waals surface area contributed by atoms with Gasteiger partial charge in [-0.25, -0.2) is 9.78 Å². The first-order valence-electron chi connectivity index (χ1n) is 9.35. The lowest BCUT2D eigenvalue weighted by atomic mass is 10.2. The van der Waals surface area contributed by atoms with Crippen molar-refractivity contribution in [3.63, 3.8) is 0 Å². The summed E-state index contributed by atoms with van der Waals surface area (Å²) in [5.74, 6) is -0.766. The van der Waals surface area contributed by atoms with E-state index in [4.69, 9.17) is 4.74 Å². The molecule has 1 aliphatic heterocycles. The van der Waals surface area contributed by atoms with E-state index in [2.05, 4.69) is 20.9 Å². The Balaban J connectivity index is 1.60. The third kappa shape index (κ3) is 5.13. The van der Waals surface area contributed by atoms with Gasteiger partial charge in [0.2, 0.25) is 0 Å². The molecule has 154 valence electrons. The Labute approximate surface area is 168 Å². The number of imidazole rings is 1. The molecule has 3 N–H and O–H groups in total. The predicted molar refractivity (Wildman–Crippen MR) is 107 cm³/mol. The summed E-state index contributed by atoms with van der Waals surface area (Å²) in [4.78, 5) is 40.6. The monoisotopic (exact) mass is 399 g/mol. The van der Waals surface area contributed by atoms with Crippen molar-refractivity contribution in [2.24, 2.45) is 0 Å². The van der Waals surface area contributed by atoms with Crippen LogP contribution in [0.1, 0.15) is 54.2 Å². The van der Waals surface area contributed by atoms with E-state index in [1.165, 1.54) is 6.33 Å². The Morgan fingerprint density at radius 2 is 1.97 bits per heavy atom. The molecule has 0 saturated carbocycles. The summed E-state index contributed by atoms with van der Waals surface area (Å²) >= 11 is 0.